The van der Waals surface area contributed by atoms with Crippen molar-refractivity contribution >= 4 is 30.1 Å². The van der Waals surface area contributed by atoms with E-state index in [4.69, 9.17) is 5.73 Å². The molecule has 2 unspecified atom stereocenters. The van der Waals surface area contributed by atoms with Crippen LogP contribution in [0, 0.1) is 0 Å². The van der Waals surface area contributed by atoms with Crippen molar-refractivity contribution in [3.05, 3.63) is 66.2 Å². The maximum Gasteiger partial charge on any atom is 0.221 e. The second-order valence-corrected chi connectivity index (χ2v) is 6.78. The zero-order valence-electron chi connectivity index (χ0n) is 13.1. The van der Waals surface area contributed by atoms with Crippen LogP contribution < -0.4 is 11.1 Å². The van der Waals surface area contributed by atoms with E-state index < -0.39 is 0 Å². The van der Waals surface area contributed by atoms with Gasteiger partial charge in [0, 0.05) is 29.2 Å². The van der Waals surface area contributed by atoms with Crippen LogP contribution in [0.5, 0.6) is 0 Å². The lowest BCUT2D eigenvalue weighted by molar-refractivity contribution is -0.121. The largest absolute Gasteiger partial charge is 0.355 e. The highest BCUT2D eigenvalue weighted by atomic mass is 35.5. The molecule has 0 saturated heterocycles. The number of nitrogens with two attached hydrogens (primary N) is 1. The fraction of sp³-hybridized carbons (Fsp3) is 0.278. The molecule has 0 aliphatic rings. The summed E-state index contributed by atoms with van der Waals surface area (Å²) in [6, 6.07) is 19.7. The Morgan fingerprint density at radius 2 is 1.65 bits per heavy atom. The van der Waals surface area contributed by atoms with Crippen LogP contribution in [-0.2, 0) is 4.79 Å². The first-order valence-corrected chi connectivity index (χ1v) is 8.32. The van der Waals surface area contributed by atoms with Gasteiger partial charge < -0.3 is 11.1 Å². The van der Waals surface area contributed by atoms with Gasteiger partial charge in [0.2, 0.25) is 5.91 Å². The van der Waals surface area contributed by atoms with Crippen molar-refractivity contribution in [3.8, 4) is 0 Å². The van der Waals surface area contributed by atoms with Gasteiger partial charge in [0.1, 0.15) is 0 Å². The molecule has 0 radical (unpaired) electrons. The molecule has 0 heterocycles. The molecular formula is C18H23ClN2OS. The van der Waals surface area contributed by atoms with Crippen molar-refractivity contribution in [1.82, 2.24) is 5.32 Å². The molecule has 3 N–H and O–H groups in total. The average Bonchev–Trinajstić information content (AvgIpc) is 2.55. The molecule has 3 nitrogen and oxygen atoms in total. The zero-order valence-corrected chi connectivity index (χ0v) is 14.8. The summed E-state index contributed by atoms with van der Waals surface area (Å²) >= 11 is 1.75. The fourth-order valence-corrected chi connectivity index (χ4v) is 3.07. The standard InChI is InChI=1S/C18H22N2OS.ClH/c1-14(22-16-10-6-3-7-11-16)13-20-18(21)12-17(19)15-8-4-2-5-9-15;/h2-11,14,17H,12-13,19H2,1H3,(H,20,21);1H. The first-order chi connectivity index (χ1) is 10.6. The number of amides is 1. The van der Waals surface area contributed by atoms with Gasteiger partial charge >= 0.3 is 0 Å². The third-order valence-corrected chi connectivity index (χ3v) is 4.41. The molecule has 2 atom stereocenters. The molecule has 0 aliphatic carbocycles. The average molecular weight is 351 g/mol. The van der Waals surface area contributed by atoms with Crippen molar-refractivity contribution in [2.45, 2.75) is 29.5 Å². The van der Waals surface area contributed by atoms with E-state index in [1.54, 1.807) is 11.8 Å². The Morgan fingerprint density at radius 1 is 1.09 bits per heavy atom. The molecule has 124 valence electrons. The van der Waals surface area contributed by atoms with Crippen molar-refractivity contribution in [2.24, 2.45) is 5.73 Å². The lowest BCUT2D eigenvalue weighted by Crippen LogP contribution is -2.31. The van der Waals surface area contributed by atoms with E-state index in [9.17, 15) is 4.79 Å². The van der Waals surface area contributed by atoms with Gasteiger partial charge in [0.25, 0.3) is 0 Å². The Labute approximate surface area is 148 Å². The van der Waals surface area contributed by atoms with Crippen LogP contribution in [-0.4, -0.2) is 17.7 Å². The van der Waals surface area contributed by atoms with Gasteiger partial charge in [-0.05, 0) is 17.7 Å². The van der Waals surface area contributed by atoms with Crippen LogP contribution in [0.2, 0.25) is 0 Å². The van der Waals surface area contributed by atoms with E-state index >= 15 is 0 Å². The molecule has 0 saturated carbocycles. The summed E-state index contributed by atoms with van der Waals surface area (Å²) in [6.07, 6.45) is 0.312. The summed E-state index contributed by atoms with van der Waals surface area (Å²) in [7, 11) is 0. The SMILES string of the molecule is CC(CNC(=O)CC(N)c1ccccc1)Sc1ccccc1.Cl. The minimum Gasteiger partial charge on any atom is -0.355 e. The van der Waals surface area contributed by atoms with E-state index in [0.29, 0.717) is 18.2 Å². The zero-order chi connectivity index (χ0) is 15.8. The van der Waals surface area contributed by atoms with Crippen LogP contribution >= 0.6 is 24.2 Å². The van der Waals surface area contributed by atoms with Crippen LogP contribution in [0.4, 0.5) is 0 Å². The summed E-state index contributed by atoms with van der Waals surface area (Å²) < 4.78 is 0. The van der Waals surface area contributed by atoms with Crippen LogP contribution in [0.3, 0.4) is 0 Å². The summed E-state index contributed by atoms with van der Waals surface area (Å²) in [5.41, 5.74) is 7.05. The van der Waals surface area contributed by atoms with Gasteiger partial charge in [-0.15, -0.1) is 24.2 Å². The molecule has 0 fully saturated rings. The fourth-order valence-electron chi connectivity index (χ4n) is 2.12. The van der Waals surface area contributed by atoms with E-state index in [2.05, 4.69) is 24.4 Å². The second kappa shape index (κ2) is 10.3. The number of benzene rings is 2. The van der Waals surface area contributed by atoms with Crippen LogP contribution in [0.1, 0.15) is 24.9 Å². The van der Waals surface area contributed by atoms with E-state index in [0.717, 1.165) is 5.56 Å². The minimum atomic E-state index is -0.252. The maximum absolute atomic E-state index is 12.0. The normalized spacial score (nSPS) is 12.8. The van der Waals surface area contributed by atoms with Gasteiger partial charge in [0.15, 0.2) is 0 Å². The maximum atomic E-state index is 12.0. The molecule has 0 aliphatic heterocycles. The lowest BCUT2D eigenvalue weighted by atomic mass is 10.0. The van der Waals surface area contributed by atoms with Gasteiger partial charge in [-0.2, -0.15) is 0 Å². The summed E-state index contributed by atoms with van der Waals surface area (Å²) in [5.74, 6) is -0.00290. The molecule has 23 heavy (non-hydrogen) atoms. The Morgan fingerprint density at radius 3 is 2.26 bits per heavy atom. The lowest BCUT2D eigenvalue weighted by Gasteiger charge is -2.15. The molecule has 0 aromatic heterocycles. The Bertz CT molecular complexity index is 580. The first kappa shape index (κ1) is 19.6. The van der Waals surface area contributed by atoms with Crippen molar-refractivity contribution in [2.75, 3.05) is 6.54 Å². The summed E-state index contributed by atoms with van der Waals surface area (Å²) in [6.45, 7) is 2.75. The highest BCUT2D eigenvalue weighted by Crippen LogP contribution is 2.22. The third-order valence-electron chi connectivity index (χ3n) is 3.30. The number of nitrogens with one attached hydrogen (secondary N) is 1. The van der Waals surface area contributed by atoms with Crippen LogP contribution in [0.25, 0.3) is 0 Å². The minimum absolute atomic E-state index is 0. The number of rotatable bonds is 7. The van der Waals surface area contributed by atoms with Gasteiger partial charge in [-0.1, -0.05) is 55.5 Å². The predicted octanol–water partition coefficient (Wildman–Crippen LogP) is 3.80. The number of hydrogen-bond acceptors (Lipinski definition) is 3. The molecule has 2 aromatic rings. The molecule has 2 aromatic carbocycles. The quantitative estimate of drug-likeness (QED) is 0.747. The second-order valence-electron chi connectivity index (χ2n) is 5.27. The molecule has 5 heteroatoms. The number of halogens is 1. The van der Waals surface area contributed by atoms with Gasteiger partial charge in [-0.25, -0.2) is 0 Å². The first-order valence-electron chi connectivity index (χ1n) is 7.44. The molecule has 0 spiro atoms. The van der Waals surface area contributed by atoms with Crippen LogP contribution in [0.15, 0.2) is 65.6 Å². The molecule has 0 bridgehead atoms. The van der Waals surface area contributed by atoms with Gasteiger partial charge in [-0.3, -0.25) is 4.79 Å². The Kier molecular flexibility index (Phi) is 8.77. The number of carbonyl (C=O) groups is 1. The summed E-state index contributed by atoms with van der Waals surface area (Å²) in [5, 5.41) is 3.28. The van der Waals surface area contributed by atoms with E-state index in [1.165, 1.54) is 4.90 Å². The van der Waals surface area contributed by atoms with E-state index in [1.807, 2.05) is 48.5 Å². The van der Waals surface area contributed by atoms with Crippen molar-refractivity contribution in [3.63, 3.8) is 0 Å². The third kappa shape index (κ3) is 7.08. The van der Waals surface area contributed by atoms with Gasteiger partial charge in [0.05, 0.1) is 0 Å². The number of carbonyl (C=O) groups excluding carboxylic acids is 1. The van der Waals surface area contributed by atoms with Crippen molar-refractivity contribution < 1.29 is 4.79 Å². The predicted molar refractivity (Wildman–Crippen MR) is 100 cm³/mol. The topological polar surface area (TPSA) is 55.1 Å². The summed E-state index contributed by atoms with van der Waals surface area (Å²) in [4.78, 5) is 13.2. The Balaban J connectivity index is 0.00000264. The van der Waals surface area contributed by atoms with Crippen molar-refractivity contribution in [1.29, 1.82) is 0 Å². The highest BCUT2D eigenvalue weighted by molar-refractivity contribution is 8.00. The monoisotopic (exact) mass is 350 g/mol. The number of thioether (sulfide) groups is 1. The van der Waals surface area contributed by atoms with E-state index in [-0.39, 0.29) is 24.4 Å². The molecular weight excluding hydrogens is 328 g/mol. The smallest absolute Gasteiger partial charge is 0.221 e. The highest BCUT2D eigenvalue weighted by Gasteiger charge is 2.12. The molecule has 1 amide bonds. The molecule has 2 rings (SSSR count). The number of hydrogen-bond donors (Lipinski definition) is 2. The Hall–Kier alpha value is -1.49.